The summed E-state index contributed by atoms with van der Waals surface area (Å²) < 4.78 is 0. The van der Waals surface area contributed by atoms with E-state index in [2.05, 4.69) is 22.8 Å². The van der Waals surface area contributed by atoms with Gasteiger partial charge in [0.1, 0.15) is 12.1 Å². The van der Waals surface area contributed by atoms with Crippen molar-refractivity contribution in [1.82, 2.24) is 4.90 Å². The Labute approximate surface area is 184 Å². The number of allylic oxidation sites excluding steroid dienone is 6. The van der Waals surface area contributed by atoms with Crippen molar-refractivity contribution in [2.45, 2.75) is 46.5 Å². The number of likely N-dealkylation sites (tertiary alicyclic amines) is 1. The Kier molecular flexibility index (Phi) is 5.04. The van der Waals surface area contributed by atoms with Crippen molar-refractivity contribution >= 4 is 11.6 Å². The SMILES string of the molecule is CC1(C)C(=O)C(C#N)=C[C@]2(C)C3=CC(=O)C(C#N)=C[C@]3(C#CCN3CCCC3)CC[C@@H]12. The van der Waals surface area contributed by atoms with Crippen LogP contribution in [0.3, 0.4) is 0 Å². The predicted molar refractivity (Wildman–Crippen MR) is 116 cm³/mol. The number of nitriles is 2. The van der Waals surface area contributed by atoms with Crippen LogP contribution in [-0.2, 0) is 9.59 Å². The molecule has 0 aromatic heterocycles. The minimum Gasteiger partial charge on any atom is -0.293 e. The molecule has 2 fully saturated rings. The largest absolute Gasteiger partial charge is 0.293 e. The summed E-state index contributed by atoms with van der Waals surface area (Å²) >= 11 is 0. The van der Waals surface area contributed by atoms with E-state index in [1.54, 1.807) is 18.2 Å². The Balaban J connectivity index is 1.85. The van der Waals surface area contributed by atoms with Crippen LogP contribution in [0.1, 0.15) is 46.5 Å². The van der Waals surface area contributed by atoms with Crippen molar-refractivity contribution < 1.29 is 9.59 Å². The standard InChI is InChI=1S/C26H27N3O2/c1-24(2)21-7-9-26(8-6-12-29-10-4-5-11-29)15-18(16-27)20(30)13-22(26)25(21,3)14-19(17-28)23(24)31/h13-15,21H,4-5,7,9-12H2,1-3H3/t21-,25-,26-/m0/s1. The summed E-state index contributed by atoms with van der Waals surface area (Å²) in [5.41, 5.74) is -1.01. The third-order valence-corrected chi connectivity index (χ3v) is 7.74. The van der Waals surface area contributed by atoms with Crippen molar-refractivity contribution in [2.75, 3.05) is 19.6 Å². The van der Waals surface area contributed by atoms with E-state index < -0.39 is 16.2 Å². The lowest BCUT2D eigenvalue weighted by molar-refractivity contribution is -0.130. The van der Waals surface area contributed by atoms with Crippen LogP contribution < -0.4 is 0 Å². The van der Waals surface area contributed by atoms with Gasteiger partial charge in [-0.15, -0.1) is 0 Å². The van der Waals surface area contributed by atoms with Crippen LogP contribution in [-0.4, -0.2) is 36.1 Å². The third-order valence-electron chi connectivity index (χ3n) is 7.74. The number of hydrogen-bond acceptors (Lipinski definition) is 5. The van der Waals surface area contributed by atoms with Gasteiger partial charge < -0.3 is 0 Å². The average molecular weight is 414 g/mol. The molecule has 0 aromatic rings. The molecule has 31 heavy (non-hydrogen) atoms. The molecule has 1 saturated carbocycles. The van der Waals surface area contributed by atoms with Gasteiger partial charge in [0, 0.05) is 10.8 Å². The lowest BCUT2D eigenvalue weighted by Gasteiger charge is -2.56. The van der Waals surface area contributed by atoms with Gasteiger partial charge in [0.2, 0.25) is 0 Å². The summed E-state index contributed by atoms with van der Waals surface area (Å²) in [6.07, 6.45) is 8.82. The van der Waals surface area contributed by atoms with E-state index >= 15 is 0 Å². The minimum absolute atomic E-state index is 0.0470. The Hall–Kier alpha value is -2.94. The summed E-state index contributed by atoms with van der Waals surface area (Å²) in [4.78, 5) is 28.0. The molecule has 0 bridgehead atoms. The molecule has 0 unspecified atom stereocenters. The second-order valence-corrected chi connectivity index (χ2v) is 9.94. The Morgan fingerprint density at radius 2 is 1.74 bits per heavy atom. The van der Waals surface area contributed by atoms with E-state index in [0.29, 0.717) is 13.0 Å². The molecule has 3 atom stereocenters. The molecular weight excluding hydrogens is 386 g/mol. The maximum atomic E-state index is 12.9. The van der Waals surface area contributed by atoms with E-state index in [-0.39, 0.29) is 28.6 Å². The van der Waals surface area contributed by atoms with Crippen molar-refractivity contribution in [3.63, 3.8) is 0 Å². The smallest absolute Gasteiger partial charge is 0.196 e. The van der Waals surface area contributed by atoms with Crippen LogP contribution in [0.4, 0.5) is 0 Å². The van der Waals surface area contributed by atoms with Crippen LogP contribution >= 0.6 is 0 Å². The summed E-state index contributed by atoms with van der Waals surface area (Å²) in [5.74, 6) is 6.27. The molecule has 5 heteroatoms. The lowest BCUT2D eigenvalue weighted by atomic mass is 9.45. The first kappa shape index (κ1) is 21.3. The molecule has 1 heterocycles. The monoisotopic (exact) mass is 413 g/mol. The van der Waals surface area contributed by atoms with Gasteiger partial charge in [-0.1, -0.05) is 38.7 Å². The average Bonchev–Trinajstić information content (AvgIpc) is 3.25. The van der Waals surface area contributed by atoms with Gasteiger partial charge in [0.05, 0.1) is 23.1 Å². The van der Waals surface area contributed by atoms with E-state index in [0.717, 1.165) is 25.1 Å². The van der Waals surface area contributed by atoms with Gasteiger partial charge in [-0.2, -0.15) is 10.5 Å². The Bertz CT molecular complexity index is 1090. The number of Topliss-reactive ketones (excluding diaryl/α,β-unsaturated/α-hetero) is 1. The Morgan fingerprint density at radius 3 is 2.39 bits per heavy atom. The van der Waals surface area contributed by atoms with Crippen LogP contribution in [0.15, 0.2) is 34.9 Å². The van der Waals surface area contributed by atoms with E-state index in [1.807, 2.05) is 26.8 Å². The highest BCUT2D eigenvalue weighted by Crippen LogP contribution is 2.63. The van der Waals surface area contributed by atoms with Gasteiger partial charge in [0.15, 0.2) is 11.6 Å². The van der Waals surface area contributed by atoms with Crippen LogP contribution in [0.25, 0.3) is 0 Å². The fourth-order valence-electron chi connectivity index (χ4n) is 6.18. The molecule has 1 aliphatic heterocycles. The fraction of sp³-hybridized carbons (Fsp3) is 0.538. The van der Waals surface area contributed by atoms with Gasteiger partial charge in [0.25, 0.3) is 0 Å². The molecule has 4 rings (SSSR count). The predicted octanol–water partition coefficient (Wildman–Crippen LogP) is 3.51. The number of ketones is 2. The second-order valence-electron chi connectivity index (χ2n) is 9.94. The van der Waals surface area contributed by atoms with Crippen molar-refractivity contribution in [3.05, 3.63) is 34.9 Å². The first-order valence-corrected chi connectivity index (χ1v) is 11.0. The lowest BCUT2D eigenvalue weighted by Crippen LogP contribution is -2.53. The number of rotatable bonds is 1. The third kappa shape index (κ3) is 3.18. The summed E-state index contributed by atoms with van der Waals surface area (Å²) in [5, 5.41) is 19.2. The van der Waals surface area contributed by atoms with Crippen molar-refractivity contribution in [1.29, 1.82) is 10.5 Å². The number of carbonyl (C=O) groups excluding carboxylic acids is 2. The summed E-state index contributed by atoms with van der Waals surface area (Å²) in [6.45, 7) is 8.58. The molecule has 4 aliphatic rings. The minimum atomic E-state index is -0.725. The molecule has 0 N–H and O–H groups in total. The quantitative estimate of drug-likeness (QED) is 0.614. The fourth-order valence-corrected chi connectivity index (χ4v) is 6.18. The summed E-state index contributed by atoms with van der Waals surface area (Å²) in [6, 6.07) is 4.11. The first-order chi connectivity index (χ1) is 14.7. The van der Waals surface area contributed by atoms with Gasteiger partial charge in [-0.3, -0.25) is 14.5 Å². The zero-order chi connectivity index (χ0) is 22.4. The van der Waals surface area contributed by atoms with E-state index in [1.165, 1.54) is 12.8 Å². The van der Waals surface area contributed by atoms with E-state index in [4.69, 9.17) is 0 Å². The zero-order valence-corrected chi connectivity index (χ0v) is 18.4. The van der Waals surface area contributed by atoms with Crippen molar-refractivity contribution in [2.24, 2.45) is 22.2 Å². The molecule has 158 valence electrons. The van der Waals surface area contributed by atoms with Gasteiger partial charge >= 0.3 is 0 Å². The number of nitrogens with zero attached hydrogens (tertiary/aromatic N) is 3. The second kappa shape index (κ2) is 7.33. The van der Waals surface area contributed by atoms with Gasteiger partial charge in [-0.05, 0) is 62.4 Å². The normalized spacial score (nSPS) is 34.1. The highest BCUT2D eigenvalue weighted by molar-refractivity contribution is 6.09. The number of hydrogen-bond donors (Lipinski definition) is 0. The maximum absolute atomic E-state index is 12.9. The van der Waals surface area contributed by atoms with E-state index in [9.17, 15) is 20.1 Å². The van der Waals surface area contributed by atoms with Crippen LogP contribution in [0.2, 0.25) is 0 Å². The van der Waals surface area contributed by atoms with Crippen LogP contribution in [0, 0.1) is 56.7 Å². The Morgan fingerprint density at radius 1 is 1.06 bits per heavy atom. The highest BCUT2D eigenvalue weighted by Gasteiger charge is 2.59. The molecule has 0 radical (unpaired) electrons. The first-order valence-electron chi connectivity index (χ1n) is 11.0. The summed E-state index contributed by atoms with van der Waals surface area (Å²) in [7, 11) is 0. The topological polar surface area (TPSA) is 85.0 Å². The zero-order valence-electron chi connectivity index (χ0n) is 18.4. The number of carbonyl (C=O) groups is 2. The highest BCUT2D eigenvalue weighted by atomic mass is 16.1. The van der Waals surface area contributed by atoms with Crippen LogP contribution in [0.5, 0.6) is 0 Å². The van der Waals surface area contributed by atoms with Gasteiger partial charge in [-0.25, -0.2) is 0 Å². The molecule has 0 aromatic carbocycles. The van der Waals surface area contributed by atoms with Crippen molar-refractivity contribution in [3.8, 4) is 24.0 Å². The molecule has 1 saturated heterocycles. The molecule has 3 aliphatic carbocycles. The molecule has 5 nitrogen and oxygen atoms in total. The molecular formula is C26H27N3O2. The molecule has 0 spiro atoms. The number of fused-ring (bicyclic) bond motifs is 3. The maximum Gasteiger partial charge on any atom is 0.196 e. The molecule has 0 amide bonds.